The lowest BCUT2D eigenvalue weighted by Crippen LogP contribution is -2.18. The van der Waals surface area contributed by atoms with Gasteiger partial charge in [0.05, 0.1) is 28.6 Å². The Morgan fingerprint density at radius 2 is 2.20 bits per heavy atom. The second-order valence-corrected chi connectivity index (χ2v) is 7.81. The van der Waals surface area contributed by atoms with Crippen molar-refractivity contribution in [2.45, 2.75) is 44.9 Å². The Hall–Kier alpha value is -2.07. The Kier molecular flexibility index (Phi) is 7.07. The summed E-state index contributed by atoms with van der Waals surface area (Å²) in [5.41, 5.74) is 0.617. The number of halogens is 5. The monoisotopic (exact) mass is 489 g/mol. The Morgan fingerprint density at radius 1 is 1.43 bits per heavy atom. The van der Waals surface area contributed by atoms with Gasteiger partial charge in [-0.3, -0.25) is 0 Å². The predicted octanol–water partition coefficient (Wildman–Crippen LogP) is 6.29. The molecular formula is C20H20BrF4N3O2. The number of aromatic nitrogens is 2. The average Bonchev–Trinajstić information content (AvgIpc) is 3.10. The number of hydrogen-bond acceptors (Lipinski definition) is 4. The quantitative estimate of drug-likeness (QED) is 0.261. The van der Waals surface area contributed by atoms with Gasteiger partial charge in [-0.2, -0.15) is 23.2 Å². The zero-order chi connectivity index (χ0) is 21.9. The van der Waals surface area contributed by atoms with Gasteiger partial charge in [-0.1, -0.05) is 11.3 Å². The van der Waals surface area contributed by atoms with E-state index in [2.05, 4.69) is 26.2 Å². The fourth-order valence-electron chi connectivity index (χ4n) is 3.58. The summed E-state index contributed by atoms with van der Waals surface area (Å²) < 4.78 is 61.8. The number of allylic oxidation sites excluding steroid dienone is 1. The first-order chi connectivity index (χ1) is 14.3. The minimum atomic E-state index is -4.61. The normalized spacial score (nSPS) is 17.1. The van der Waals surface area contributed by atoms with E-state index < -0.39 is 23.8 Å². The van der Waals surface area contributed by atoms with E-state index in [0.29, 0.717) is 30.6 Å². The van der Waals surface area contributed by atoms with Crippen molar-refractivity contribution in [1.82, 2.24) is 9.78 Å². The summed E-state index contributed by atoms with van der Waals surface area (Å²) >= 11 is 3.07. The summed E-state index contributed by atoms with van der Waals surface area (Å²) in [5.74, 6) is -0.522. The first-order valence-corrected chi connectivity index (χ1v) is 10.2. The zero-order valence-corrected chi connectivity index (χ0v) is 17.8. The zero-order valence-electron chi connectivity index (χ0n) is 16.2. The molecule has 5 nitrogen and oxygen atoms in total. The largest absolute Gasteiger partial charge is 0.435 e. The highest BCUT2D eigenvalue weighted by Crippen LogP contribution is 2.41. The molecule has 0 bridgehead atoms. The molecule has 0 spiro atoms. The van der Waals surface area contributed by atoms with Gasteiger partial charge in [-0.05, 0) is 72.3 Å². The number of nitrogens with zero attached hydrogens (tertiary/aromatic N) is 3. The lowest BCUT2D eigenvalue weighted by Gasteiger charge is -2.25. The highest BCUT2D eigenvalue weighted by molar-refractivity contribution is 9.10. The Morgan fingerprint density at radius 3 is 2.83 bits per heavy atom. The van der Waals surface area contributed by atoms with Crippen LogP contribution in [-0.2, 0) is 17.3 Å². The van der Waals surface area contributed by atoms with Crippen molar-refractivity contribution in [2.75, 3.05) is 13.2 Å². The van der Waals surface area contributed by atoms with Gasteiger partial charge in [0, 0.05) is 5.56 Å². The summed E-state index contributed by atoms with van der Waals surface area (Å²) in [7, 11) is 0. The predicted molar refractivity (Wildman–Crippen MR) is 107 cm³/mol. The SMILES string of the molecule is C/C=C(\CCOC1CCCc2c(C(F)(F)F)nn(-c3ccc(F)c(Br)c3)c21)CN=O. The summed E-state index contributed by atoms with van der Waals surface area (Å²) in [6.45, 7) is 2.07. The fraction of sp³-hybridized carbons (Fsp3) is 0.450. The van der Waals surface area contributed by atoms with Crippen molar-refractivity contribution in [3.63, 3.8) is 0 Å². The maximum atomic E-state index is 13.6. The number of alkyl halides is 3. The van der Waals surface area contributed by atoms with Crippen molar-refractivity contribution in [1.29, 1.82) is 0 Å². The third kappa shape index (κ3) is 4.80. The minimum Gasteiger partial charge on any atom is -0.372 e. The molecule has 1 heterocycles. The molecule has 1 unspecified atom stereocenters. The fourth-order valence-corrected chi connectivity index (χ4v) is 3.94. The third-order valence-electron chi connectivity index (χ3n) is 5.06. The number of hydrogen-bond donors (Lipinski definition) is 0. The number of fused-ring (bicyclic) bond motifs is 1. The Bertz CT molecular complexity index is 956. The van der Waals surface area contributed by atoms with Crippen LogP contribution in [0, 0.1) is 10.7 Å². The standard InChI is InChI=1S/C20H20BrF4N3O2/c1-2-12(11-26-29)8-9-30-17-5-3-4-14-18(17)28(27-19(14)20(23,24)25)13-6-7-16(22)15(21)10-13/h2,6-7,10,17H,3-5,8-9,11H2,1H3/b12-2+. The molecule has 0 aliphatic heterocycles. The van der Waals surface area contributed by atoms with Crippen LogP contribution >= 0.6 is 15.9 Å². The van der Waals surface area contributed by atoms with Crippen LogP contribution in [0.4, 0.5) is 17.6 Å². The van der Waals surface area contributed by atoms with E-state index in [4.69, 9.17) is 4.74 Å². The van der Waals surface area contributed by atoms with Gasteiger partial charge in [0.15, 0.2) is 5.69 Å². The number of benzene rings is 1. The number of nitroso groups, excluding NO2 is 1. The van der Waals surface area contributed by atoms with Crippen LogP contribution < -0.4 is 0 Å². The maximum Gasteiger partial charge on any atom is 0.435 e. The van der Waals surface area contributed by atoms with E-state index in [9.17, 15) is 22.5 Å². The van der Waals surface area contributed by atoms with Crippen LogP contribution in [-0.4, -0.2) is 22.9 Å². The highest BCUT2D eigenvalue weighted by Gasteiger charge is 2.42. The molecule has 1 aliphatic rings. The van der Waals surface area contributed by atoms with Gasteiger partial charge in [-0.25, -0.2) is 9.07 Å². The molecule has 0 fully saturated rings. The maximum absolute atomic E-state index is 13.6. The van der Waals surface area contributed by atoms with Crippen LogP contribution in [0.1, 0.15) is 49.2 Å². The first kappa shape index (κ1) is 22.6. The van der Waals surface area contributed by atoms with Gasteiger partial charge in [0.2, 0.25) is 0 Å². The molecule has 0 radical (unpaired) electrons. The lowest BCUT2D eigenvalue weighted by atomic mass is 9.93. The molecule has 30 heavy (non-hydrogen) atoms. The van der Waals surface area contributed by atoms with Crippen molar-refractivity contribution in [3.05, 3.63) is 62.0 Å². The summed E-state index contributed by atoms with van der Waals surface area (Å²) in [6.07, 6.45) is -1.66. The molecule has 2 aromatic rings. The van der Waals surface area contributed by atoms with E-state index in [1.54, 1.807) is 13.0 Å². The Labute approximate surface area is 179 Å². The van der Waals surface area contributed by atoms with E-state index in [-0.39, 0.29) is 29.6 Å². The van der Waals surface area contributed by atoms with Crippen molar-refractivity contribution >= 4 is 15.9 Å². The molecule has 0 N–H and O–H groups in total. The summed E-state index contributed by atoms with van der Waals surface area (Å²) in [5, 5.41) is 6.70. The number of ether oxygens (including phenoxy) is 1. The molecule has 1 atom stereocenters. The second-order valence-electron chi connectivity index (χ2n) is 6.96. The van der Waals surface area contributed by atoms with Crippen LogP contribution in [0.5, 0.6) is 0 Å². The Balaban J connectivity index is 1.97. The molecule has 1 aromatic heterocycles. The van der Waals surface area contributed by atoms with E-state index in [1.807, 2.05) is 0 Å². The minimum absolute atomic E-state index is 0.0511. The van der Waals surface area contributed by atoms with E-state index in [1.165, 1.54) is 22.9 Å². The molecule has 0 saturated heterocycles. The van der Waals surface area contributed by atoms with Gasteiger partial charge in [-0.15, -0.1) is 0 Å². The molecule has 0 saturated carbocycles. The lowest BCUT2D eigenvalue weighted by molar-refractivity contribution is -0.142. The molecule has 3 rings (SSSR count). The first-order valence-electron chi connectivity index (χ1n) is 9.45. The van der Waals surface area contributed by atoms with Gasteiger partial charge >= 0.3 is 6.18 Å². The van der Waals surface area contributed by atoms with Crippen molar-refractivity contribution in [2.24, 2.45) is 5.18 Å². The molecule has 1 aliphatic carbocycles. The topological polar surface area (TPSA) is 56.5 Å². The van der Waals surface area contributed by atoms with Crippen molar-refractivity contribution in [3.8, 4) is 5.69 Å². The van der Waals surface area contributed by atoms with E-state index in [0.717, 1.165) is 5.57 Å². The van der Waals surface area contributed by atoms with Gasteiger partial charge in [0.25, 0.3) is 0 Å². The molecule has 10 heteroatoms. The average molecular weight is 490 g/mol. The van der Waals surface area contributed by atoms with Crippen LogP contribution in [0.25, 0.3) is 5.69 Å². The van der Waals surface area contributed by atoms with Crippen LogP contribution in [0.3, 0.4) is 0 Å². The van der Waals surface area contributed by atoms with E-state index >= 15 is 0 Å². The van der Waals surface area contributed by atoms with Gasteiger partial charge < -0.3 is 4.74 Å². The van der Waals surface area contributed by atoms with Crippen LogP contribution in [0.2, 0.25) is 0 Å². The van der Waals surface area contributed by atoms with Gasteiger partial charge in [0.1, 0.15) is 12.4 Å². The second kappa shape index (κ2) is 9.38. The van der Waals surface area contributed by atoms with Crippen LogP contribution in [0.15, 0.2) is 39.5 Å². The summed E-state index contributed by atoms with van der Waals surface area (Å²) in [6, 6.07) is 3.94. The number of rotatable bonds is 7. The molecule has 162 valence electrons. The summed E-state index contributed by atoms with van der Waals surface area (Å²) in [4.78, 5) is 10.5. The van der Waals surface area contributed by atoms with Crippen molar-refractivity contribution < 1.29 is 22.3 Å². The third-order valence-corrected chi connectivity index (χ3v) is 5.66. The molecular weight excluding hydrogens is 470 g/mol. The molecule has 1 aromatic carbocycles. The highest BCUT2D eigenvalue weighted by atomic mass is 79.9. The smallest absolute Gasteiger partial charge is 0.372 e. The molecule has 0 amide bonds.